The maximum absolute atomic E-state index is 15.6. The fraction of sp³-hybridized carbons (Fsp3) is 0.333. The lowest BCUT2D eigenvalue weighted by Gasteiger charge is -2.30. The van der Waals surface area contributed by atoms with Gasteiger partial charge in [-0.05, 0) is 68.1 Å². The Bertz CT molecular complexity index is 1860. The van der Waals surface area contributed by atoms with Crippen LogP contribution in [-0.2, 0) is 14.9 Å². The van der Waals surface area contributed by atoms with Gasteiger partial charge >= 0.3 is 12.2 Å². The Morgan fingerprint density at radius 3 is 2.00 bits per heavy atom. The second-order valence-corrected chi connectivity index (χ2v) is 16.0. The first-order valence-electron chi connectivity index (χ1n) is 14.5. The van der Waals surface area contributed by atoms with Crippen LogP contribution in [0.3, 0.4) is 0 Å². The number of nitrogens with zero attached hydrogens (tertiary/aromatic N) is 1. The second-order valence-electron chi connectivity index (χ2n) is 13.3. The van der Waals surface area contributed by atoms with Gasteiger partial charge in [-0.1, -0.05) is 55.6 Å². The third kappa shape index (κ3) is 8.35. The number of imide groups is 1. The fourth-order valence-electron chi connectivity index (χ4n) is 5.26. The molecule has 16 heteroatoms. The standard InChI is InChI=1S/C33H30Cl5F2N3O6/c1-31(2,3)23-20(39)13-21(40)26(43(29(46)47)30(48)49-32(4,5)6)25(23)42-27(44)18-12-17(7-8-19(18)36)41-28(45)24-22(33(24,37)38)14-9-15(34)11-16(35)10-14/h7-13,22,24H,1-6H3,(H,41,45)(H,42,44)(H,46,47)/t22-,24+/m0/s1. The molecule has 0 aromatic heterocycles. The average Bonchev–Trinajstić information content (AvgIpc) is 3.50. The average molecular weight is 780 g/mol. The molecule has 1 fully saturated rings. The van der Waals surface area contributed by atoms with Crippen LogP contribution < -0.4 is 15.5 Å². The minimum Gasteiger partial charge on any atom is -0.464 e. The summed E-state index contributed by atoms with van der Waals surface area (Å²) >= 11 is 31.5. The van der Waals surface area contributed by atoms with E-state index in [-0.39, 0.29) is 26.7 Å². The normalized spacial score (nSPS) is 16.8. The molecule has 4 rings (SSSR count). The van der Waals surface area contributed by atoms with Crippen LogP contribution >= 0.6 is 58.0 Å². The van der Waals surface area contributed by atoms with Gasteiger partial charge in [0.05, 0.1) is 22.2 Å². The molecule has 1 saturated carbocycles. The first kappa shape index (κ1) is 38.5. The number of ether oxygens (including phenoxy) is 1. The zero-order valence-electron chi connectivity index (χ0n) is 26.8. The van der Waals surface area contributed by atoms with Crippen molar-refractivity contribution < 1.29 is 37.8 Å². The van der Waals surface area contributed by atoms with Gasteiger partial charge in [0, 0.05) is 33.3 Å². The summed E-state index contributed by atoms with van der Waals surface area (Å²) in [5, 5.41) is 15.5. The molecule has 9 nitrogen and oxygen atoms in total. The van der Waals surface area contributed by atoms with E-state index >= 15 is 8.78 Å². The Labute approximate surface area is 305 Å². The van der Waals surface area contributed by atoms with Crippen molar-refractivity contribution in [3.05, 3.63) is 85.9 Å². The van der Waals surface area contributed by atoms with Crippen molar-refractivity contribution in [1.29, 1.82) is 0 Å². The summed E-state index contributed by atoms with van der Waals surface area (Å²) in [5.41, 5.74) is -4.03. The van der Waals surface area contributed by atoms with Crippen LogP contribution in [0.15, 0.2) is 42.5 Å². The minimum absolute atomic E-state index is 0.0626. The lowest BCUT2D eigenvalue weighted by atomic mass is 9.84. The molecule has 2 atom stereocenters. The topological polar surface area (TPSA) is 125 Å². The molecule has 0 heterocycles. The molecule has 1 aliphatic carbocycles. The molecule has 3 N–H and O–H groups in total. The Balaban J connectivity index is 1.72. The van der Waals surface area contributed by atoms with Crippen LogP contribution in [0.1, 0.15) is 68.9 Å². The van der Waals surface area contributed by atoms with Crippen molar-refractivity contribution in [2.45, 2.75) is 62.8 Å². The van der Waals surface area contributed by atoms with Crippen molar-refractivity contribution in [1.82, 2.24) is 0 Å². The molecule has 1 aliphatic rings. The highest BCUT2D eigenvalue weighted by Crippen LogP contribution is 2.65. The number of alkyl halides is 2. The minimum atomic E-state index is -1.97. The van der Waals surface area contributed by atoms with E-state index in [1.165, 1.54) is 65.8 Å². The van der Waals surface area contributed by atoms with E-state index < -0.39 is 74.2 Å². The van der Waals surface area contributed by atoms with Gasteiger partial charge in [0.2, 0.25) is 5.91 Å². The van der Waals surface area contributed by atoms with E-state index in [1.807, 2.05) is 0 Å². The van der Waals surface area contributed by atoms with Crippen LogP contribution in [0, 0.1) is 17.6 Å². The number of halogens is 7. The highest BCUT2D eigenvalue weighted by atomic mass is 35.5. The Morgan fingerprint density at radius 1 is 0.878 bits per heavy atom. The highest BCUT2D eigenvalue weighted by Gasteiger charge is 2.67. The summed E-state index contributed by atoms with van der Waals surface area (Å²) in [6.07, 6.45) is -3.47. The second kappa shape index (κ2) is 13.8. The molecule has 3 aromatic carbocycles. The SMILES string of the molecule is CC(C)(C)OC(=O)N(C(=O)O)c1c(F)cc(F)c(C(C)(C)C)c1NC(=O)c1cc(NC(=O)[C@H]2[C@H](c3cc(Cl)cc(Cl)c3)C2(Cl)Cl)ccc1Cl. The van der Waals surface area contributed by atoms with Gasteiger partial charge in [-0.2, -0.15) is 4.90 Å². The number of amides is 4. The van der Waals surface area contributed by atoms with Crippen molar-refractivity contribution in [2.24, 2.45) is 5.92 Å². The molecular formula is C33H30Cl5F2N3O6. The maximum atomic E-state index is 15.6. The van der Waals surface area contributed by atoms with Crippen LogP contribution in [-0.4, -0.2) is 39.0 Å². The Hall–Kier alpha value is -3.35. The predicted octanol–water partition coefficient (Wildman–Crippen LogP) is 10.4. The summed E-state index contributed by atoms with van der Waals surface area (Å²) in [4.78, 5) is 52.4. The monoisotopic (exact) mass is 777 g/mol. The van der Waals surface area contributed by atoms with Crippen molar-refractivity contribution >= 4 is 99.1 Å². The number of rotatable bonds is 6. The summed E-state index contributed by atoms with van der Waals surface area (Å²) < 4.78 is 34.6. The number of benzene rings is 3. The summed E-state index contributed by atoms with van der Waals surface area (Å²) in [6, 6.07) is 8.93. The van der Waals surface area contributed by atoms with E-state index in [4.69, 9.17) is 62.7 Å². The van der Waals surface area contributed by atoms with E-state index in [2.05, 4.69) is 10.6 Å². The van der Waals surface area contributed by atoms with Crippen LogP contribution in [0.5, 0.6) is 0 Å². The first-order valence-corrected chi connectivity index (χ1v) is 16.4. The molecule has 0 saturated heterocycles. The van der Waals surface area contributed by atoms with Crippen molar-refractivity contribution in [2.75, 3.05) is 15.5 Å². The van der Waals surface area contributed by atoms with Crippen LogP contribution in [0.25, 0.3) is 0 Å². The number of carboxylic acid groups (broad SMARTS) is 1. The molecule has 0 bridgehead atoms. The number of nitrogens with one attached hydrogen (secondary N) is 2. The third-order valence-electron chi connectivity index (χ3n) is 7.24. The number of anilines is 3. The molecule has 0 aliphatic heterocycles. The molecule has 0 spiro atoms. The third-order valence-corrected chi connectivity index (χ3v) is 8.95. The lowest BCUT2D eigenvalue weighted by Crippen LogP contribution is -2.41. The molecular weight excluding hydrogens is 750 g/mol. The van der Waals surface area contributed by atoms with Gasteiger partial charge in [0.15, 0.2) is 5.82 Å². The lowest BCUT2D eigenvalue weighted by molar-refractivity contribution is -0.117. The number of hydrogen-bond donors (Lipinski definition) is 3. The fourth-order valence-corrected chi connectivity index (χ4v) is 6.83. The number of carbonyl (C=O) groups is 4. The number of hydrogen-bond acceptors (Lipinski definition) is 5. The molecule has 4 amide bonds. The van der Waals surface area contributed by atoms with Crippen molar-refractivity contribution in [3.8, 4) is 0 Å². The molecule has 3 aromatic rings. The largest absolute Gasteiger partial charge is 0.464 e. The van der Waals surface area contributed by atoms with E-state index in [0.29, 0.717) is 21.7 Å². The van der Waals surface area contributed by atoms with Gasteiger partial charge in [-0.15, -0.1) is 23.2 Å². The summed E-state index contributed by atoms with van der Waals surface area (Å²) in [5.74, 6) is -5.89. The van der Waals surface area contributed by atoms with Crippen molar-refractivity contribution in [3.63, 3.8) is 0 Å². The number of carbonyl (C=O) groups excluding carboxylic acids is 3. The van der Waals surface area contributed by atoms with Crippen LogP contribution in [0.4, 0.5) is 35.4 Å². The first-order chi connectivity index (χ1) is 22.4. The molecule has 0 unspecified atom stereocenters. The molecule has 262 valence electrons. The van der Waals surface area contributed by atoms with E-state index in [0.717, 1.165) is 0 Å². The summed E-state index contributed by atoms with van der Waals surface area (Å²) in [7, 11) is 0. The van der Waals surface area contributed by atoms with Gasteiger partial charge in [0.1, 0.15) is 21.4 Å². The van der Waals surface area contributed by atoms with Gasteiger partial charge in [-0.25, -0.2) is 18.4 Å². The van der Waals surface area contributed by atoms with Crippen LogP contribution in [0.2, 0.25) is 15.1 Å². The summed E-state index contributed by atoms with van der Waals surface area (Å²) in [6.45, 7) is 8.96. The predicted molar refractivity (Wildman–Crippen MR) is 187 cm³/mol. The van der Waals surface area contributed by atoms with Gasteiger partial charge in [-0.3, -0.25) is 9.59 Å². The molecule has 49 heavy (non-hydrogen) atoms. The zero-order valence-corrected chi connectivity index (χ0v) is 30.6. The van der Waals surface area contributed by atoms with Gasteiger partial charge < -0.3 is 20.5 Å². The Kier molecular flexibility index (Phi) is 10.8. The maximum Gasteiger partial charge on any atom is 0.424 e. The highest BCUT2D eigenvalue weighted by molar-refractivity contribution is 6.53. The zero-order chi connectivity index (χ0) is 37.0. The Morgan fingerprint density at radius 2 is 1.47 bits per heavy atom. The van der Waals surface area contributed by atoms with E-state index in [9.17, 15) is 24.3 Å². The quantitative estimate of drug-likeness (QED) is 0.214. The molecule has 0 radical (unpaired) electrons. The van der Waals surface area contributed by atoms with Gasteiger partial charge in [0.25, 0.3) is 5.91 Å². The smallest absolute Gasteiger partial charge is 0.424 e. The van der Waals surface area contributed by atoms with E-state index in [1.54, 1.807) is 12.1 Å².